The van der Waals surface area contributed by atoms with E-state index in [-0.39, 0.29) is 16.5 Å². The zero-order chi connectivity index (χ0) is 18.9. The molecule has 0 N–H and O–H groups in total. The van der Waals surface area contributed by atoms with Crippen molar-refractivity contribution in [1.29, 1.82) is 0 Å². The van der Waals surface area contributed by atoms with Gasteiger partial charge in [0, 0.05) is 0 Å². The van der Waals surface area contributed by atoms with Crippen LogP contribution in [0.2, 0.25) is 0 Å². The number of carbonyl (C=O) groups excluding carboxylic acids is 3. The number of nitrogens with zero attached hydrogens (tertiary/aromatic N) is 1. The summed E-state index contributed by atoms with van der Waals surface area (Å²) in [7, 11) is 0. The lowest BCUT2D eigenvalue weighted by atomic mass is 9.87. The number of benzene rings is 2. The lowest BCUT2D eigenvalue weighted by molar-refractivity contribution is -0.170. The van der Waals surface area contributed by atoms with E-state index < -0.39 is 24.4 Å². The molecule has 0 saturated carbocycles. The molecule has 2 amide bonds. The third-order valence-electron chi connectivity index (χ3n) is 4.03. The van der Waals surface area contributed by atoms with Crippen molar-refractivity contribution in [2.24, 2.45) is 0 Å². The number of carbonyl (C=O) groups is 3. The molecule has 6 heteroatoms. The summed E-state index contributed by atoms with van der Waals surface area (Å²) in [6.45, 7) is 5.88. The maximum atomic E-state index is 12.1. The van der Waals surface area contributed by atoms with Crippen molar-refractivity contribution in [2.45, 2.75) is 26.2 Å². The lowest BCUT2D eigenvalue weighted by Crippen LogP contribution is -2.34. The minimum Gasteiger partial charge on any atom is -0.482 e. The number of rotatable bonds is 4. The molecule has 0 aromatic heterocycles. The molecular weight excluding hydrogens is 334 g/mol. The van der Waals surface area contributed by atoms with Crippen LogP contribution in [-0.2, 0) is 15.0 Å². The molecular formula is C20H19NO5. The van der Waals surface area contributed by atoms with Gasteiger partial charge in [-0.15, -0.1) is 0 Å². The molecule has 0 bridgehead atoms. The summed E-state index contributed by atoms with van der Waals surface area (Å²) >= 11 is 0. The first-order valence-electron chi connectivity index (χ1n) is 8.19. The fourth-order valence-corrected chi connectivity index (χ4v) is 2.57. The Morgan fingerprint density at radius 1 is 0.923 bits per heavy atom. The van der Waals surface area contributed by atoms with Crippen LogP contribution in [0.3, 0.4) is 0 Å². The van der Waals surface area contributed by atoms with Gasteiger partial charge in [0.2, 0.25) is 0 Å². The number of fused-ring (bicyclic) bond motifs is 1. The Morgan fingerprint density at radius 3 is 1.96 bits per heavy atom. The van der Waals surface area contributed by atoms with Gasteiger partial charge in [0.25, 0.3) is 11.8 Å². The normalized spacial score (nSPS) is 13.6. The number of hydrogen-bond donors (Lipinski definition) is 0. The number of hydroxylamine groups is 2. The summed E-state index contributed by atoms with van der Waals surface area (Å²) in [5, 5.41) is 0.471. The van der Waals surface area contributed by atoms with Gasteiger partial charge in [-0.25, -0.2) is 4.79 Å². The third-order valence-corrected chi connectivity index (χ3v) is 4.03. The van der Waals surface area contributed by atoms with Crippen molar-refractivity contribution in [3.63, 3.8) is 0 Å². The zero-order valence-electron chi connectivity index (χ0n) is 14.8. The van der Waals surface area contributed by atoms with E-state index in [9.17, 15) is 14.4 Å². The molecule has 6 nitrogen and oxygen atoms in total. The maximum absolute atomic E-state index is 12.1. The second-order valence-corrected chi connectivity index (χ2v) is 6.98. The van der Waals surface area contributed by atoms with Crippen LogP contribution in [0.25, 0.3) is 0 Å². The summed E-state index contributed by atoms with van der Waals surface area (Å²) in [5.74, 6) is -1.65. The lowest BCUT2D eigenvalue weighted by Gasteiger charge is -2.19. The van der Waals surface area contributed by atoms with E-state index in [0.717, 1.165) is 5.56 Å². The van der Waals surface area contributed by atoms with Crippen LogP contribution in [0.1, 0.15) is 47.1 Å². The predicted octanol–water partition coefficient (Wildman–Crippen LogP) is 3.12. The Labute approximate surface area is 151 Å². The minimum atomic E-state index is -0.834. The standard InChI is InChI=1S/C20H19NO5/c1-20(2,3)13-8-10-14(11-9-13)25-12-17(22)26-21-18(23)15-6-4-5-7-16(15)19(21)24/h4-11H,12H2,1-3H3. The summed E-state index contributed by atoms with van der Waals surface area (Å²) in [5.41, 5.74) is 1.58. The Morgan fingerprint density at radius 2 is 1.46 bits per heavy atom. The molecule has 134 valence electrons. The number of imide groups is 1. The van der Waals surface area contributed by atoms with Gasteiger partial charge in [-0.05, 0) is 35.2 Å². The van der Waals surface area contributed by atoms with Gasteiger partial charge in [0.05, 0.1) is 11.1 Å². The fraction of sp³-hybridized carbons (Fsp3) is 0.250. The van der Waals surface area contributed by atoms with E-state index in [0.29, 0.717) is 10.8 Å². The highest BCUT2D eigenvalue weighted by atomic mass is 16.7. The van der Waals surface area contributed by atoms with Crippen molar-refractivity contribution in [2.75, 3.05) is 6.61 Å². The van der Waals surface area contributed by atoms with E-state index in [1.165, 1.54) is 12.1 Å². The molecule has 0 fully saturated rings. The highest BCUT2D eigenvalue weighted by molar-refractivity contribution is 6.20. The van der Waals surface area contributed by atoms with Gasteiger partial charge in [-0.2, -0.15) is 0 Å². The zero-order valence-corrected chi connectivity index (χ0v) is 14.8. The van der Waals surface area contributed by atoms with Crippen molar-refractivity contribution in [1.82, 2.24) is 5.06 Å². The van der Waals surface area contributed by atoms with Crippen LogP contribution < -0.4 is 4.74 Å². The van der Waals surface area contributed by atoms with Gasteiger partial charge in [0.1, 0.15) is 5.75 Å². The second-order valence-electron chi connectivity index (χ2n) is 6.98. The molecule has 0 saturated heterocycles. The smallest absolute Gasteiger partial charge is 0.370 e. The van der Waals surface area contributed by atoms with Crippen LogP contribution in [0, 0.1) is 0 Å². The second kappa shape index (κ2) is 6.63. The van der Waals surface area contributed by atoms with Gasteiger partial charge < -0.3 is 9.57 Å². The highest BCUT2D eigenvalue weighted by Crippen LogP contribution is 2.25. The van der Waals surface area contributed by atoms with E-state index >= 15 is 0 Å². The summed E-state index contributed by atoms with van der Waals surface area (Å²) < 4.78 is 5.37. The van der Waals surface area contributed by atoms with Gasteiger partial charge in [0.15, 0.2) is 6.61 Å². The quantitative estimate of drug-likeness (QED) is 0.790. The fourth-order valence-electron chi connectivity index (χ4n) is 2.57. The molecule has 0 unspecified atom stereocenters. The van der Waals surface area contributed by atoms with Crippen LogP contribution in [0.15, 0.2) is 48.5 Å². The van der Waals surface area contributed by atoms with Crippen LogP contribution in [0.4, 0.5) is 0 Å². The van der Waals surface area contributed by atoms with Crippen molar-refractivity contribution < 1.29 is 24.0 Å². The van der Waals surface area contributed by atoms with Crippen molar-refractivity contribution in [3.8, 4) is 5.75 Å². The molecule has 1 aliphatic rings. The number of amides is 2. The monoisotopic (exact) mass is 353 g/mol. The Hall–Kier alpha value is -3.15. The van der Waals surface area contributed by atoms with Crippen LogP contribution in [0.5, 0.6) is 5.75 Å². The number of ether oxygens (including phenoxy) is 1. The molecule has 3 rings (SSSR count). The molecule has 0 aliphatic carbocycles. The van der Waals surface area contributed by atoms with E-state index in [4.69, 9.17) is 9.57 Å². The molecule has 2 aromatic carbocycles. The number of hydrogen-bond acceptors (Lipinski definition) is 5. The summed E-state index contributed by atoms with van der Waals surface area (Å²) in [6.07, 6.45) is 0. The van der Waals surface area contributed by atoms with E-state index in [1.807, 2.05) is 12.1 Å². The van der Waals surface area contributed by atoms with Gasteiger partial charge in [-0.3, -0.25) is 9.59 Å². The average molecular weight is 353 g/mol. The molecule has 1 heterocycles. The van der Waals surface area contributed by atoms with Crippen molar-refractivity contribution >= 4 is 17.8 Å². The van der Waals surface area contributed by atoms with Crippen molar-refractivity contribution in [3.05, 3.63) is 65.2 Å². The molecule has 0 atom stereocenters. The Bertz CT molecular complexity index is 830. The van der Waals surface area contributed by atoms with Crippen LogP contribution in [-0.4, -0.2) is 29.5 Å². The van der Waals surface area contributed by atoms with Gasteiger partial charge in [-0.1, -0.05) is 50.1 Å². The predicted molar refractivity (Wildman–Crippen MR) is 93.7 cm³/mol. The maximum Gasteiger partial charge on any atom is 0.370 e. The Balaban J connectivity index is 1.59. The van der Waals surface area contributed by atoms with Gasteiger partial charge >= 0.3 is 5.97 Å². The topological polar surface area (TPSA) is 72.9 Å². The van der Waals surface area contributed by atoms with E-state index in [1.54, 1.807) is 24.3 Å². The largest absolute Gasteiger partial charge is 0.482 e. The van der Waals surface area contributed by atoms with Crippen LogP contribution >= 0.6 is 0 Å². The third kappa shape index (κ3) is 3.44. The molecule has 0 spiro atoms. The molecule has 2 aromatic rings. The first-order valence-corrected chi connectivity index (χ1v) is 8.19. The SMILES string of the molecule is CC(C)(C)c1ccc(OCC(=O)ON2C(=O)c3ccccc3C2=O)cc1. The minimum absolute atomic E-state index is 0.0168. The molecule has 26 heavy (non-hydrogen) atoms. The van der Waals surface area contributed by atoms with E-state index in [2.05, 4.69) is 20.8 Å². The highest BCUT2D eigenvalue weighted by Gasteiger charge is 2.38. The molecule has 0 radical (unpaired) electrons. The Kier molecular flexibility index (Phi) is 4.50. The summed E-state index contributed by atoms with van der Waals surface area (Å²) in [4.78, 5) is 41.1. The average Bonchev–Trinajstić information content (AvgIpc) is 2.85. The molecule has 1 aliphatic heterocycles. The first-order chi connectivity index (χ1) is 12.3. The first kappa shape index (κ1) is 17.7. The summed E-state index contributed by atoms with van der Waals surface area (Å²) in [6, 6.07) is 13.7.